The Labute approximate surface area is 97.8 Å². The van der Waals surface area contributed by atoms with Gasteiger partial charge in [0.25, 0.3) is 0 Å². The molecule has 3 nitrogen and oxygen atoms in total. The zero-order chi connectivity index (χ0) is 11.7. The molecular formula is C13H23NO2. The van der Waals surface area contributed by atoms with Crippen LogP contribution in [0.1, 0.15) is 46.0 Å². The first kappa shape index (κ1) is 11.9. The van der Waals surface area contributed by atoms with Crippen LogP contribution >= 0.6 is 0 Å². The highest BCUT2D eigenvalue weighted by Crippen LogP contribution is 2.36. The molecular weight excluding hydrogens is 202 g/mol. The molecule has 0 aromatic rings. The van der Waals surface area contributed by atoms with Crippen LogP contribution in [0.2, 0.25) is 0 Å². The lowest BCUT2D eigenvalue weighted by Crippen LogP contribution is -2.45. The lowest BCUT2D eigenvalue weighted by molar-refractivity contribution is -0.132. The van der Waals surface area contributed by atoms with Crippen LogP contribution in [0.5, 0.6) is 0 Å². The highest BCUT2D eigenvalue weighted by molar-refractivity contribution is 5.73. The highest BCUT2D eigenvalue weighted by Gasteiger charge is 2.39. The first-order chi connectivity index (χ1) is 7.59. The van der Waals surface area contributed by atoms with Crippen molar-refractivity contribution >= 4 is 5.91 Å². The Balaban J connectivity index is 2.07. The Morgan fingerprint density at radius 1 is 1.31 bits per heavy atom. The summed E-state index contributed by atoms with van der Waals surface area (Å²) in [4.78, 5) is 13.5. The zero-order valence-electron chi connectivity index (χ0n) is 10.4. The molecule has 0 aromatic carbocycles. The lowest BCUT2D eigenvalue weighted by atomic mass is 9.76. The molecule has 1 saturated heterocycles. The molecule has 1 N–H and O–H groups in total. The smallest absolute Gasteiger partial charge is 0.219 e. The summed E-state index contributed by atoms with van der Waals surface area (Å²) >= 11 is 0. The van der Waals surface area contributed by atoms with Gasteiger partial charge in [-0.3, -0.25) is 4.79 Å². The number of carbonyl (C=O) groups excluding carboxylic acids is 1. The van der Waals surface area contributed by atoms with Crippen LogP contribution in [-0.4, -0.2) is 34.6 Å². The molecule has 3 heteroatoms. The Hall–Kier alpha value is -0.570. The number of hydrogen-bond acceptors (Lipinski definition) is 2. The van der Waals surface area contributed by atoms with E-state index in [1.807, 2.05) is 4.90 Å². The Bertz CT molecular complexity index is 267. The topological polar surface area (TPSA) is 40.5 Å². The van der Waals surface area contributed by atoms with E-state index in [9.17, 15) is 9.90 Å². The largest absolute Gasteiger partial charge is 0.393 e. The van der Waals surface area contributed by atoms with Gasteiger partial charge in [-0.25, -0.2) is 0 Å². The van der Waals surface area contributed by atoms with Gasteiger partial charge in [-0.05, 0) is 38.0 Å². The van der Waals surface area contributed by atoms with Gasteiger partial charge < -0.3 is 10.0 Å². The van der Waals surface area contributed by atoms with Gasteiger partial charge in [0, 0.05) is 25.4 Å². The average molecular weight is 225 g/mol. The molecule has 1 saturated carbocycles. The summed E-state index contributed by atoms with van der Waals surface area (Å²) in [7, 11) is 0. The van der Waals surface area contributed by atoms with Crippen LogP contribution in [-0.2, 0) is 4.79 Å². The molecule has 1 aliphatic heterocycles. The first-order valence-electron chi connectivity index (χ1n) is 6.55. The van der Waals surface area contributed by atoms with Crippen LogP contribution in [0.3, 0.4) is 0 Å². The number of hydrogen-bond donors (Lipinski definition) is 1. The summed E-state index contributed by atoms with van der Waals surface area (Å²) in [6, 6.07) is 0.301. The fourth-order valence-corrected chi connectivity index (χ4v) is 3.45. The summed E-state index contributed by atoms with van der Waals surface area (Å²) < 4.78 is 0. The van der Waals surface area contributed by atoms with E-state index >= 15 is 0 Å². The molecule has 0 spiro atoms. The van der Waals surface area contributed by atoms with E-state index in [1.54, 1.807) is 6.92 Å². The summed E-state index contributed by atoms with van der Waals surface area (Å²) in [5.41, 5.74) is 0. The van der Waals surface area contributed by atoms with E-state index < -0.39 is 0 Å². The third-order valence-electron chi connectivity index (χ3n) is 4.32. The van der Waals surface area contributed by atoms with Gasteiger partial charge in [-0.15, -0.1) is 0 Å². The predicted molar refractivity (Wildman–Crippen MR) is 62.9 cm³/mol. The lowest BCUT2D eigenvalue weighted by Gasteiger charge is -2.39. The predicted octanol–water partition coefficient (Wildman–Crippen LogP) is 1.79. The molecule has 2 aliphatic rings. The summed E-state index contributed by atoms with van der Waals surface area (Å²) in [5.74, 6) is 1.19. The van der Waals surface area contributed by atoms with Gasteiger partial charge in [-0.2, -0.15) is 0 Å². The maximum Gasteiger partial charge on any atom is 0.219 e. The molecule has 2 fully saturated rings. The van der Waals surface area contributed by atoms with Crippen LogP contribution in [0.15, 0.2) is 0 Å². The monoisotopic (exact) mass is 225 g/mol. The fraction of sp³-hybridized carbons (Fsp3) is 0.923. The fourth-order valence-electron chi connectivity index (χ4n) is 3.45. The molecule has 92 valence electrons. The Morgan fingerprint density at radius 3 is 2.75 bits per heavy atom. The van der Waals surface area contributed by atoms with Crippen molar-refractivity contribution in [2.45, 2.75) is 58.1 Å². The van der Waals surface area contributed by atoms with Gasteiger partial charge in [0.15, 0.2) is 0 Å². The molecule has 1 heterocycles. The van der Waals surface area contributed by atoms with Crippen LogP contribution in [0.4, 0.5) is 0 Å². The number of carbonyl (C=O) groups is 1. The number of aliphatic hydroxyl groups excluding tert-OH is 1. The maximum absolute atomic E-state index is 11.5. The number of nitrogens with zero attached hydrogens (tertiary/aromatic N) is 1. The first-order valence-corrected chi connectivity index (χ1v) is 6.55. The molecule has 2 rings (SSSR count). The highest BCUT2D eigenvalue weighted by atomic mass is 16.3. The van der Waals surface area contributed by atoms with Gasteiger partial charge in [0.05, 0.1) is 6.10 Å². The van der Waals surface area contributed by atoms with E-state index in [0.717, 1.165) is 38.6 Å². The van der Waals surface area contributed by atoms with Crippen molar-refractivity contribution in [1.29, 1.82) is 0 Å². The molecule has 4 atom stereocenters. The van der Waals surface area contributed by atoms with Gasteiger partial charge in [0.1, 0.15) is 0 Å². The van der Waals surface area contributed by atoms with Crippen LogP contribution < -0.4 is 0 Å². The van der Waals surface area contributed by atoms with Crippen molar-refractivity contribution < 1.29 is 9.90 Å². The SMILES string of the molecule is CC(=O)N1CCCC1C1CC(C)CCC1O. The molecule has 16 heavy (non-hydrogen) atoms. The van der Waals surface area contributed by atoms with Crippen molar-refractivity contribution in [2.75, 3.05) is 6.54 Å². The maximum atomic E-state index is 11.5. The number of rotatable bonds is 1. The molecule has 1 amide bonds. The minimum atomic E-state index is -0.193. The average Bonchev–Trinajstić information content (AvgIpc) is 2.70. The Morgan fingerprint density at radius 2 is 2.06 bits per heavy atom. The number of aliphatic hydroxyl groups is 1. The molecule has 1 aliphatic carbocycles. The number of amides is 1. The minimum absolute atomic E-state index is 0.174. The van der Waals surface area contributed by atoms with Crippen molar-refractivity contribution in [3.05, 3.63) is 0 Å². The normalized spacial score (nSPS) is 40.1. The van der Waals surface area contributed by atoms with Gasteiger partial charge >= 0.3 is 0 Å². The summed E-state index contributed by atoms with van der Waals surface area (Å²) in [6.07, 6.45) is 5.10. The van der Waals surface area contributed by atoms with Crippen LogP contribution in [0.25, 0.3) is 0 Å². The van der Waals surface area contributed by atoms with Crippen molar-refractivity contribution in [3.63, 3.8) is 0 Å². The Kier molecular flexibility index (Phi) is 3.53. The third-order valence-corrected chi connectivity index (χ3v) is 4.32. The van der Waals surface area contributed by atoms with Crippen molar-refractivity contribution in [3.8, 4) is 0 Å². The molecule has 0 radical (unpaired) electrons. The second-order valence-corrected chi connectivity index (χ2v) is 5.57. The van der Waals surface area contributed by atoms with Gasteiger partial charge in [0.2, 0.25) is 5.91 Å². The standard InChI is InChI=1S/C13H23NO2/c1-9-5-6-13(16)11(8-9)12-4-3-7-14(12)10(2)15/h9,11-13,16H,3-8H2,1-2H3. The molecule has 4 unspecified atom stereocenters. The van der Waals surface area contributed by atoms with Crippen molar-refractivity contribution in [1.82, 2.24) is 4.90 Å². The summed E-state index contributed by atoms with van der Waals surface area (Å²) in [6.45, 7) is 4.79. The second-order valence-electron chi connectivity index (χ2n) is 5.57. The van der Waals surface area contributed by atoms with E-state index in [2.05, 4.69) is 6.92 Å². The quantitative estimate of drug-likeness (QED) is 0.739. The summed E-state index contributed by atoms with van der Waals surface area (Å²) in [5, 5.41) is 10.1. The zero-order valence-corrected chi connectivity index (χ0v) is 10.4. The van der Waals surface area contributed by atoms with E-state index in [4.69, 9.17) is 0 Å². The van der Waals surface area contributed by atoms with E-state index in [0.29, 0.717) is 17.9 Å². The molecule has 0 bridgehead atoms. The van der Waals surface area contributed by atoms with E-state index in [1.165, 1.54) is 0 Å². The second kappa shape index (κ2) is 4.74. The van der Waals surface area contributed by atoms with Crippen molar-refractivity contribution in [2.24, 2.45) is 11.8 Å². The minimum Gasteiger partial charge on any atom is -0.393 e. The molecule has 0 aromatic heterocycles. The number of likely N-dealkylation sites (tertiary alicyclic amines) is 1. The van der Waals surface area contributed by atoms with E-state index in [-0.39, 0.29) is 12.0 Å². The van der Waals surface area contributed by atoms with Crippen LogP contribution in [0, 0.1) is 11.8 Å². The van der Waals surface area contributed by atoms with Gasteiger partial charge in [-0.1, -0.05) is 6.92 Å². The third kappa shape index (κ3) is 2.24.